The monoisotopic (exact) mass is 396 g/mol. The largest absolute Gasteiger partial charge is 0.454 e. The molecule has 0 spiro atoms. The Morgan fingerprint density at radius 3 is 2.76 bits per heavy atom. The molecule has 2 N–H and O–H groups in total. The van der Waals surface area contributed by atoms with Gasteiger partial charge in [0.2, 0.25) is 6.79 Å². The Morgan fingerprint density at radius 2 is 1.97 bits per heavy atom. The summed E-state index contributed by atoms with van der Waals surface area (Å²) in [6, 6.07) is 10.5. The number of ether oxygens (including phenoxy) is 2. The van der Waals surface area contributed by atoms with E-state index in [1.165, 1.54) is 16.7 Å². The van der Waals surface area contributed by atoms with Gasteiger partial charge in [0.05, 0.1) is 12.3 Å². The van der Waals surface area contributed by atoms with Crippen LogP contribution in [0.5, 0.6) is 11.5 Å². The molecule has 0 unspecified atom stereocenters. The molecule has 148 valence electrons. The number of anilines is 1. The van der Waals surface area contributed by atoms with Gasteiger partial charge < -0.3 is 19.9 Å². The van der Waals surface area contributed by atoms with Gasteiger partial charge in [-0.25, -0.2) is 4.39 Å². The fourth-order valence-corrected chi connectivity index (χ4v) is 3.11. The average molecular weight is 396 g/mol. The molecular formula is C21H17FN2O5. The third-order valence-corrected chi connectivity index (χ3v) is 4.64. The second-order valence-corrected chi connectivity index (χ2v) is 6.50. The zero-order valence-corrected chi connectivity index (χ0v) is 15.4. The lowest BCUT2D eigenvalue weighted by Crippen LogP contribution is -2.29. The molecule has 0 saturated carbocycles. The molecule has 29 heavy (non-hydrogen) atoms. The quantitative estimate of drug-likeness (QED) is 0.708. The van der Waals surface area contributed by atoms with Crippen LogP contribution in [0.3, 0.4) is 0 Å². The summed E-state index contributed by atoms with van der Waals surface area (Å²) in [6.07, 6.45) is 1.58. The number of aliphatic hydroxyl groups is 1. The maximum absolute atomic E-state index is 13.5. The van der Waals surface area contributed by atoms with Crippen molar-refractivity contribution in [1.82, 2.24) is 4.57 Å². The number of hydrogen-bond donors (Lipinski definition) is 2. The maximum Gasteiger partial charge on any atom is 0.268 e. The summed E-state index contributed by atoms with van der Waals surface area (Å²) < 4.78 is 25.5. The molecule has 3 aromatic rings. The number of benzene rings is 2. The maximum atomic E-state index is 13.5. The molecule has 8 heteroatoms. The van der Waals surface area contributed by atoms with Crippen molar-refractivity contribution in [2.45, 2.75) is 13.5 Å². The molecule has 0 bridgehead atoms. The summed E-state index contributed by atoms with van der Waals surface area (Å²) in [7, 11) is 0. The number of aliphatic hydroxyl groups excluding tert-OH is 1. The number of fused-ring (bicyclic) bond motifs is 1. The smallest absolute Gasteiger partial charge is 0.268 e. The van der Waals surface area contributed by atoms with Crippen LogP contribution >= 0.6 is 0 Å². The fraction of sp³-hybridized carbons (Fsp3) is 0.143. The number of carbonyl (C=O) groups is 1. The first kappa shape index (κ1) is 18.7. The van der Waals surface area contributed by atoms with Crippen LogP contribution in [0.4, 0.5) is 10.1 Å². The summed E-state index contributed by atoms with van der Waals surface area (Å²) in [6.45, 7) is 1.27. The van der Waals surface area contributed by atoms with Gasteiger partial charge >= 0.3 is 0 Å². The summed E-state index contributed by atoms with van der Waals surface area (Å²) in [5, 5.41) is 11.8. The van der Waals surface area contributed by atoms with E-state index in [4.69, 9.17) is 9.47 Å². The summed E-state index contributed by atoms with van der Waals surface area (Å²) >= 11 is 0. The Labute approximate surface area is 164 Å². The fourth-order valence-electron chi connectivity index (χ4n) is 3.11. The first-order valence-corrected chi connectivity index (χ1v) is 8.81. The van der Waals surface area contributed by atoms with Crippen molar-refractivity contribution in [3.63, 3.8) is 0 Å². The van der Waals surface area contributed by atoms with Crippen LogP contribution in [0.15, 0.2) is 53.5 Å². The number of aromatic nitrogens is 1. The summed E-state index contributed by atoms with van der Waals surface area (Å²) in [5.41, 5.74) is 0.792. The number of nitrogens with one attached hydrogen (secondary N) is 1. The number of halogens is 1. The highest BCUT2D eigenvalue weighted by Crippen LogP contribution is 2.33. The molecule has 7 nitrogen and oxygen atoms in total. The van der Waals surface area contributed by atoms with E-state index < -0.39 is 23.9 Å². The van der Waals surface area contributed by atoms with E-state index in [1.54, 1.807) is 37.4 Å². The zero-order chi connectivity index (χ0) is 20.5. The molecular weight excluding hydrogens is 379 g/mol. The van der Waals surface area contributed by atoms with Crippen LogP contribution in [-0.2, 0) is 6.61 Å². The van der Waals surface area contributed by atoms with Gasteiger partial charge in [-0.05, 0) is 48.9 Å². The molecule has 1 aliphatic heterocycles. The van der Waals surface area contributed by atoms with Gasteiger partial charge in [-0.3, -0.25) is 14.2 Å². The highest BCUT2D eigenvalue weighted by Gasteiger charge is 2.19. The highest BCUT2D eigenvalue weighted by atomic mass is 19.1. The first-order valence-electron chi connectivity index (χ1n) is 8.81. The van der Waals surface area contributed by atoms with Crippen LogP contribution in [-0.4, -0.2) is 22.4 Å². The van der Waals surface area contributed by atoms with Crippen molar-refractivity contribution in [2.75, 3.05) is 12.1 Å². The molecule has 0 fully saturated rings. The van der Waals surface area contributed by atoms with Crippen molar-refractivity contribution >= 4 is 11.6 Å². The molecule has 2 heterocycles. The zero-order valence-electron chi connectivity index (χ0n) is 15.4. The Bertz CT molecular complexity index is 1170. The number of hydrogen-bond acceptors (Lipinski definition) is 5. The van der Waals surface area contributed by atoms with Crippen LogP contribution < -0.4 is 20.3 Å². The van der Waals surface area contributed by atoms with E-state index in [-0.39, 0.29) is 23.6 Å². The standard InChI is InChI=1S/C21H17FN2O5/c1-12-6-7-24(15-3-5-17-18(9-15)29-11-28-17)21(27)19(12)20(26)23-14-2-4-16(22)13(8-14)10-25/h2-9,25H,10-11H2,1H3,(H,23,26). The van der Waals surface area contributed by atoms with E-state index >= 15 is 0 Å². The molecule has 2 aromatic carbocycles. The van der Waals surface area contributed by atoms with E-state index in [0.717, 1.165) is 6.07 Å². The van der Waals surface area contributed by atoms with Gasteiger partial charge in [-0.1, -0.05) is 0 Å². The number of aryl methyl sites for hydroxylation is 1. The van der Waals surface area contributed by atoms with Gasteiger partial charge in [0, 0.05) is 23.5 Å². The van der Waals surface area contributed by atoms with Crippen LogP contribution in [0, 0.1) is 12.7 Å². The van der Waals surface area contributed by atoms with E-state index in [9.17, 15) is 19.1 Å². The van der Waals surface area contributed by atoms with Gasteiger partial charge in [-0.15, -0.1) is 0 Å². The number of carbonyl (C=O) groups excluding carboxylic acids is 1. The first-order chi connectivity index (χ1) is 14.0. The third-order valence-electron chi connectivity index (χ3n) is 4.64. The molecule has 0 saturated heterocycles. The lowest BCUT2D eigenvalue weighted by molar-refractivity contribution is 0.102. The minimum Gasteiger partial charge on any atom is -0.454 e. The Balaban J connectivity index is 1.70. The normalized spacial score (nSPS) is 12.1. The van der Waals surface area contributed by atoms with Crippen LogP contribution in [0.25, 0.3) is 5.69 Å². The molecule has 1 amide bonds. The van der Waals surface area contributed by atoms with Crippen molar-refractivity contribution in [3.8, 4) is 17.2 Å². The Hall–Kier alpha value is -3.65. The molecule has 4 rings (SSSR count). The van der Waals surface area contributed by atoms with Crippen molar-refractivity contribution < 1.29 is 23.8 Å². The Kier molecular flexibility index (Phi) is 4.77. The summed E-state index contributed by atoms with van der Waals surface area (Å²) in [4.78, 5) is 25.8. The minimum atomic E-state index is -0.627. The van der Waals surface area contributed by atoms with Crippen LogP contribution in [0.2, 0.25) is 0 Å². The van der Waals surface area contributed by atoms with Crippen molar-refractivity contribution in [2.24, 2.45) is 0 Å². The van der Waals surface area contributed by atoms with Crippen molar-refractivity contribution in [3.05, 3.63) is 81.5 Å². The van der Waals surface area contributed by atoms with E-state index in [2.05, 4.69) is 5.32 Å². The van der Waals surface area contributed by atoms with Gasteiger partial charge in [-0.2, -0.15) is 0 Å². The van der Waals surface area contributed by atoms with Gasteiger partial charge in [0.1, 0.15) is 11.4 Å². The third kappa shape index (κ3) is 3.45. The predicted molar refractivity (Wildman–Crippen MR) is 103 cm³/mol. The minimum absolute atomic E-state index is 0.0416. The predicted octanol–water partition coefficient (Wildman–Crippen LogP) is 2.76. The van der Waals surface area contributed by atoms with Gasteiger partial charge in [0.15, 0.2) is 11.5 Å². The molecule has 1 aromatic heterocycles. The number of rotatable bonds is 4. The molecule has 0 atom stereocenters. The Morgan fingerprint density at radius 1 is 1.17 bits per heavy atom. The second kappa shape index (κ2) is 7.40. The van der Waals surface area contributed by atoms with E-state index in [1.807, 2.05) is 0 Å². The topological polar surface area (TPSA) is 89.8 Å². The second-order valence-electron chi connectivity index (χ2n) is 6.50. The molecule has 0 aliphatic carbocycles. The highest BCUT2D eigenvalue weighted by molar-refractivity contribution is 6.05. The SMILES string of the molecule is Cc1ccn(-c2ccc3c(c2)OCO3)c(=O)c1C(=O)Nc1ccc(F)c(CO)c1. The molecule has 1 aliphatic rings. The van der Waals surface area contributed by atoms with E-state index in [0.29, 0.717) is 22.7 Å². The molecule has 0 radical (unpaired) electrons. The number of pyridine rings is 1. The number of nitrogens with zero attached hydrogens (tertiary/aromatic N) is 1. The lowest BCUT2D eigenvalue weighted by Gasteiger charge is -2.12. The summed E-state index contributed by atoms with van der Waals surface area (Å²) in [5.74, 6) is -0.101. The van der Waals surface area contributed by atoms with Gasteiger partial charge in [0.25, 0.3) is 11.5 Å². The number of amides is 1. The average Bonchev–Trinajstić information content (AvgIpc) is 3.17. The lowest BCUT2D eigenvalue weighted by atomic mass is 10.1. The van der Waals surface area contributed by atoms with Crippen LogP contribution in [0.1, 0.15) is 21.5 Å². The van der Waals surface area contributed by atoms with Crippen molar-refractivity contribution in [1.29, 1.82) is 0 Å².